The minimum atomic E-state index is -0.612. The molecule has 1 aliphatic rings. The molecule has 0 saturated carbocycles. The Bertz CT molecular complexity index is 1100. The van der Waals surface area contributed by atoms with E-state index < -0.39 is 11.9 Å². The Balaban J connectivity index is 1.94. The van der Waals surface area contributed by atoms with Crippen LogP contribution in [0.5, 0.6) is 11.5 Å². The van der Waals surface area contributed by atoms with Gasteiger partial charge in [-0.25, -0.2) is 4.68 Å². The number of hydrogen-bond donors (Lipinski definition) is 2. The van der Waals surface area contributed by atoms with Gasteiger partial charge in [-0.15, -0.1) is 5.10 Å². The van der Waals surface area contributed by atoms with E-state index >= 15 is 0 Å². The van der Waals surface area contributed by atoms with Gasteiger partial charge in [0.15, 0.2) is 5.82 Å². The zero-order valence-corrected chi connectivity index (χ0v) is 16.3. The maximum Gasteiger partial charge on any atom is 0.248 e. The zero-order chi connectivity index (χ0) is 20.5. The maximum atomic E-state index is 12.4. The third-order valence-corrected chi connectivity index (χ3v) is 4.88. The van der Waals surface area contributed by atoms with E-state index in [0.717, 1.165) is 5.56 Å². The predicted octanol–water partition coefficient (Wildman–Crippen LogP) is 2.74. The Labute approximate surface area is 168 Å². The van der Waals surface area contributed by atoms with E-state index in [1.807, 2.05) is 36.4 Å². The lowest BCUT2D eigenvalue weighted by atomic mass is 9.94. The Kier molecular flexibility index (Phi) is 4.67. The molecule has 4 rings (SSSR count). The fourth-order valence-corrected chi connectivity index (χ4v) is 3.52. The van der Waals surface area contributed by atoms with Gasteiger partial charge >= 0.3 is 0 Å². The fourth-order valence-electron chi connectivity index (χ4n) is 3.52. The van der Waals surface area contributed by atoms with Gasteiger partial charge in [-0.2, -0.15) is 4.98 Å². The lowest BCUT2D eigenvalue weighted by molar-refractivity contribution is -0.115. The minimum Gasteiger partial charge on any atom is -0.497 e. The van der Waals surface area contributed by atoms with Crippen molar-refractivity contribution in [1.82, 2.24) is 14.8 Å². The molecule has 3 aromatic rings. The summed E-state index contributed by atoms with van der Waals surface area (Å²) < 4.78 is 12.6. The van der Waals surface area contributed by atoms with E-state index in [9.17, 15) is 4.79 Å². The van der Waals surface area contributed by atoms with Crippen LogP contribution < -0.4 is 20.5 Å². The number of benzene rings is 2. The van der Waals surface area contributed by atoms with Gasteiger partial charge in [0.25, 0.3) is 0 Å². The molecular weight excluding hydrogens is 370 g/mol. The number of nitrogens with zero attached hydrogens (tertiary/aromatic N) is 3. The number of methoxy groups -OCH3 is 2. The average Bonchev–Trinajstić information content (AvgIpc) is 3.16. The third kappa shape index (κ3) is 3.18. The largest absolute Gasteiger partial charge is 0.497 e. The van der Waals surface area contributed by atoms with Crippen molar-refractivity contribution >= 4 is 11.9 Å². The normalized spacial score (nSPS) is 15.5. The number of carbonyl (C=O) groups is 1. The van der Waals surface area contributed by atoms with Gasteiger partial charge in [0.05, 0.1) is 19.8 Å². The molecule has 1 aliphatic heterocycles. The highest BCUT2D eigenvalue weighted by Gasteiger charge is 2.35. The van der Waals surface area contributed by atoms with Crippen molar-refractivity contribution in [2.24, 2.45) is 5.73 Å². The molecule has 1 atom stereocenters. The van der Waals surface area contributed by atoms with Crippen molar-refractivity contribution in [2.45, 2.75) is 13.0 Å². The van der Waals surface area contributed by atoms with Crippen LogP contribution in [0.15, 0.2) is 59.8 Å². The van der Waals surface area contributed by atoms with Crippen LogP contribution in [0.1, 0.15) is 18.5 Å². The lowest BCUT2D eigenvalue weighted by Gasteiger charge is -2.28. The number of rotatable bonds is 5. The molecule has 0 aliphatic carbocycles. The molecule has 148 valence electrons. The highest BCUT2D eigenvalue weighted by atomic mass is 16.5. The summed E-state index contributed by atoms with van der Waals surface area (Å²) in [6, 6.07) is 14.4. The number of hydrogen-bond acceptors (Lipinski definition) is 6. The Hall–Kier alpha value is -3.81. The standard InChI is InChI=1S/C21H21N5O3/c1-12-17(19(22)27)18(15-11-14(28-2)9-10-16(15)29-3)26-21(23-12)24-20(25-26)13-7-5-4-6-8-13/h4-11,18H,1-3H3,(H2,22,27)(H,23,24,25). The summed E-state index contributed by atoms with van der Waals surface area (Å²) in [5, 5.41) is 7.82. The Morgan fingerprint density at radius 2 is 1.90 bits per heavy atom. The van der Waals surface area contributed by atoms with Crippen LogP contribution in [0.2, 0.25) is 0 Å². The van der Waals surface area contributed by atoms with Crippen LogP contribution in [-0.4, -0.2) is 34.9 Å². The number of allylic oxidation sites excluding steroid dienone is 1. The first kappa shape index (κ1) is 18.5. The molecular formula is C21H21N5O3. The number of aromatic nitrogens is 3. The molecule has 2 heterocycles. The van der Waals surface area contributed by atoms with Gasteiger partial charge in [-0.3, -0.25) is 4.79 Å². The van der Waals surface area contributed by atoms with E-state index in [0.29, 0.717) is 40.1 Å². The summed E-state index contributed by atoms with van der Waals surface area (Å²) >= 11 is 0. The number of nitrogens with one attached hydrogen (secondary N) is 1. The summed E-state index contributed by atoms with van der Waals surface area (Å²) in [6.45, 7) is 1.79. The van der Waals surface area contributed by atoms with Crippen molar-refractivity contribution in [2.75, 3.05) is 19.5 Å². The van der Waals surface area contributed by atoms with Crippen LogP contribution in [0.25, 0.3) is 11.4 Å². The molecule has 1 amide bonds. The summed E-state index contributed by atoms with van der Waals surface area (Å²) in [5.74, 6) is 1.73. The number of nitrogens with two attached hydrogens (primary N) is 1. The highest BCUT2D eigenvalue weighted by Crippen LogP contribution is 2.40. The van der Waals surface area contributed by atoms with Gasteiger partial charge in [0.1, 0.15) is 17.5 Å². The van der Waals surface area contributed by atoms with Crippen molar-refractivity contribution in [3.8, 4) is 22.9 Å². The van der Waals surface area contributed by atoms with Crippen molar-refractivity contribution < 1.29 is 14.3 Å². The smallest absolute Gasteiger partial charge is 0.248 e. The van der Waals surface area contributed by atoms with Crippen molar-refractivity contribution in [1.29, 1.82) is 0 Å². The van der Waals surface area contributed by atoms with Crippen molar-refractivity contribution in [3.05, 3.63) is 65.4 Å². The molecule has 1 aromatic heterocycles. The van der Waals surface area contributed by atoms with Crippen LogP contribution >= 0.6 is 0 Å². The first-order chi connectivity index (χ1) is 14.0. The van der Waals surface area contributed by atoms with Crippen LogP contribution in [-0.2, 0) is 4.79 Å². The molecule has 0 fully saturated rings. The minimum absolute atomic E-state index is 0.383. The van der Waals surface area contributed by atoms with Crippen LogP contribution in [0.4, 0.5) is 5.95 Å². The number of primary amides is 1. The molecule has 8 heteroatoms. The number of ether oxygens (including phenoxy) is 2. The van der Waals surface area contributed by atoms with Gasteiger partial charge < -0.3 is 20.5 Å². The quantitative estimate of drug-likeness (QED) is 0.693. The number of anilines is 1. The van der Waals surface area contributed by atoms with E-state index in [4.69, 9.17) is 15.2 Å². The Morgan fingerprint density at radius 1 is 1.14 bits per heavy atom. The second-order valence-electron chi connectivity index (χ2n) is 6.61. The Morgan fingerprint density at radius 3 is 2.55 bits per heavy atom. The summed E-state index contributed by atoms with van der Waals surface area (Å²) in [6.07, 6.45) is 0. The van der Waals surface area contributed by atoms with Crippen molar-refractivity contribution in [3.63, 3.8) is 0 Å². The molecule has 29 heavy (non-hydrogen) atoms. The number of fused-ring (bicyclic) bond motifs is 1. The first-order valence-electron chi connectivity index (χ1n) is 9.05. The molecule has 8 nitrogen and oxygen atoms in total. The average molecular weight is 391 g/mol. The summed E-state index contributed by atoms with van der Waals surface area (Å²) in [4.78, 5) is 17.0. The molecule has 0 spiro atoms. The lowest BCUT2D eigenvalue weighted by Crippen LogP contribution is -2.32. The van der Waals surface area contributed by atoms with E-state index in [-0.39, 0.29) is 0 Å². The van der Waals surface area contributed by atoms with E-state index in [1.165, 1.54) is 0 Å². The zero-order valence-electron chi connectivity index (χ0n) is 16.3. The first-order valence-corrected chi connectivity index (χ1v) is 9.05. The van der Waals surface area contributed by atoms with Gasteiger partial charge in [0, 0.05) is 16.8 Å². The molecule has 2 aromatic carbocycles. The molecule has 1 unspecified atom stereocenters. The SMILES string of the molecule is COc1ccc(OC)c(C2C(C(N)=O)=C(C)Nc3nc(-c4ccccc4)nn32)c1. The fraction of sp³-hybridized carbons (Fsp3) is 0.190. The van der Waals surface area contributed by atoms with E-state index in [1.54, 1.807) is 38.0 Å². The third-order valence-electron chi connectivity index (χ3n) is 4.88. The monoisotopic (exact) mass is 391 g/mol. The second-order valence-corrected chi connectivity index (χ2v) is 6.61. The van der Waals surface area contributed by atoms with Crippen LogP contribution in [0.3, 0.4) is 0 Å². The van der Waals surface area contributed by atoms with Crippen LogP contribution in [0, 0.1) is 0 Å². The highest BCUT2D eigenvalue weighted by molar-refractivity contribution is 5.95. The van der Waals surface area contributed by atoms with Gasteiger partial charge in [-0.1, -0.05) is 30.3 Å². The van der Waals surface area contributed by atoms with E-state index in [2.05, 4.69) is 15.4 Å². The number of carbonyl (C=O) groups excluding carboxylic acids is 1. The molecule has 3 N–H and O–H groups in total. The second kappa shape index (κ2) is 7.31. The topological polar surface area (TPSA) is 104 Å². The molecule has 0 saturated heterocycles. The maximum absolute atomic E-state index is 12.4. The predicted molar refractivity (Wildman–Crippen MR) is 109 cm³/mol. The number of amides is 1. The van der Waals surface area contributed by atoms with Gasteiger partial charge in [-0.05, 0) is 25.1 Å². The van der Waals surface area contributed by atoms with Gasteiger partial charge in [0.2, 0.25) is 11.9 Å². The summed E-state index contributed by atoms with van der Waals surface area (Å²) in [5.41, 5.74) is 8.32. The molecule has 0 bridgehead atoms. The summed E-state index contributed by atoms with van der Waals surface area (Å²) in [7, 11) is 3.16. The molecule has 0 radical (unpaired) electrons.